The first kappa shape index (κ1) is 20.4. The van der Waals surface area contributed by atoms with Crippen molar-refractivity contribution in [3.05, 3.63) is 53.6 Å². The van der Waals surface area contributed by atoms with E-state index < -0.39 is 0 Å². The highest BCUT2D eigenvalue weighted by Gasteiger charge is 2.06. The summed E-state index contributed by atoms with van der Waals surface area (Å²) in [6.45, 7) is 4.00. The second kappa shape index (κ2) is 11.0. The van der Waals surface area contributed by atoms with Crippen LogP contribution < -0.4 is 24.8 Å². The zero-order valence-corrected chi connectivity index (χ0v) is 16.5. The first-order chi connectivity index (χ1) is 13.2. The van der Waals surface area contributed by atoms with Crippen LogP contribution in [-0.2, 0) is 13.0 Å². The molecule has 0 heterocycles. The second-order valence-corrected chi connectivity index (χ2v) is 5.87. The van der Waals surface area contributed by atoms with E-state index in [0.29, 0.717) is 13.2 Å². The number of hydrogen-bond donors (Lipinski definition) is 2. The number of methoxy groups -OCH3 is 2. The second-order valence-electron chi connectivity index (χ2n) is 5.87. The van der Waals surface area contributed by atoms with E-state index in [1.807, 2.05) is 37.3 Å². The van der Waals surface area contributed by atoms with Crippen molar-refractivity contribution in [2.24, 2.45) is 4.99 Å². The third kappa shape index (κ3) is 6.40. The van der Waals surface area contributed by atoms with Crippen LogP contribution in [0.15, 0.2) is 47.5 Å². The van der Waals surface area contributed by atoms with Crippen molar-refractivity contribution >= 4 is 5.96 Å². The van der Waals surface area contributed by atoms with Gasteiger partial charge in [-0.05, 0) is 48.7 Å². The Balaban J connectivity index is 1.82. The highest BCUT2D eigenvalue weighted by molar-refractivity contribution is 5.79. The molecule has 27 heavy (non-hydrogen) atoms. The Bertz CT molecular complexity index is 730. The topological polar surface area (TPSA) is 64.1 Å². The van der Waals surface area contributed by atoms with E-state index >= 15 is 0 Å². The Hall–Kier alpha value is -2.89. The quantitative estimate of drug-likeness (QED) is 0.524. The maximum Gasteiger partial charge on any atom is 0.191 e. The Labute approximate surface area is 161 Å². The standard InChI is InChI=1S/C21H29N3O3/c1-5-27-19-11-8-17(14-20(19)26-4)15-24-21(22-2)23-13-12-16-6-9-18(25-3)10-7-16/h6-11,14H,5,12-13,15H2,1-4H3,(H2,22,23,24). The van der Waals surface area contributed by atoms with Crippen LogP contribution in [0.25, 0.3) is 0 Å². The van der Waals surface area contributed by atoms with Gasteiger partial charge in [0, 0.05) is 20.1 Å². The lowest BCUT2D eigenvalue weighted by Gasteiger charge is -2.14. The summed E-state index contributed by atoms with van der Waals surface area (Å²) in [7, 11) is 5.09. The maximum absolute atomic E-state index is 5.55. The van der Waals surface area contributed by atoms with Crippen molar-refractivity contribution < 1.29 is 14.2 Å². The number of nitrogens with zero attached hydrogens (tertiary/aromatic N) is 1. The van der Waals surface area contributed by atoms with Crippen LogP contribution >= 0.6 is 0 Å². The van der Waals surface area contributed by atoms with E-state index in [0.717, 1.165) is 41.7 Å². The molecule has 0 aliphatic carbocycles. The zero-order chi connectivity index (χ0) is 19.5. The molecule has 0 spiro atoms. The van der Waals surface area contributed by atoms with E-state index in [2.05, 4.69) is 27.8 Å². The van der Waals surface area contributed by atoms with Gasteiger partial charge in [0.05, 0.1) is 20.8 Å². The summed E-state index contributed by atoms with van der Waals surface area (Å²) in [6, 6.07) is 14.0. The molecule has 2 aromatic rings. The Morgan fingerprint density at radius 3 is 2.30 bits per heavy atom. The van der Waals surface area contributed by atoms with Gasteiger partial charge < -0.3 is 24.8 Å². The number of guanidine groups is 1. The van der Waals surface area contributed by atoms with Gasteiger partial charge in [0.25, 0.3) is 0 Å². The molecule has 2 rings (SSSR count). The van der Waals surface area contributed by atoms with Crippen molar-refractivity contribution in [2.75, 3.05) is 34.4 Å². The molecule has 0 saturated heterocycles. The molecule has 6 heteroatoms. The van der Waals surface area contributed by atoms with Crippen LogP contribution in [0.3, 0.4) is 0 Å². The Kier molecular flexibility index (Phi) is 8.29. The molecular formula is C21H29N3O3. The van der Waals surface area contributed by atoms with Crippen LogP contribution in [0.2, 0.25) is 0 Å². The van der Waals surface area contributed by atoms with Crippen molar-refractivity contribution in [2.45, 2.75) is 19.9 Å². The van der Waals surface area contributed by atoms with Gasteiger partial charge in [0.2, 0.25) is 0 Å². The van der Waals surface area contributed by atoms with Crippen molar-refractivity contribution in [1.29, 1.82) is 0 Å². The first-order valence-electron chi connectivity index (χ1n) is 9.07. The van der Waals surface area contributed by atoms with Crippen molar-refractivity contribution in [3.8, 4) is 17.2 Å². The Morgan fingerprint density at radius 1 is 0.926 bits per heavy atom. The van der Waals surface area contributed by atoms with Gasteiger partial charge in [0.15, 0.2) is 17.5 Å². The molecule has 2 aromatic carbocycles. The molecule has 0 fully saturated rings. The smallest absolute Gasteiger partial charge is 0.191 e. The number of benzene rings is 2. The molecule has 2 N–H and O–H groups in total. The minimum atomic E-state index is 0.610. The predicted molar refractivity (Wildman–Crippen MR) is 109 cm³/mol. The van der Waals surface area contributed by atoms with E-state index in [1.165, 1.54) is 5.56 Å². The molecule has 0 atom stereocenters. The average molecular weight is 371 g/mol. The normalized spacial score (nSPS) is 11.0. The monoisotopic (exact) mass is 371 g/mol. The predicted octanol–water partition coefficient (Wildman–Crippen LogP) is 3.01. The minimum Gasteiger partial charge on any atom is -0.497 e. The minimum absolute atomic E-state index is 0.610. The fourth-order valence-corrected chi connectivity index (χ4v) is 2.62. The molecule has 0 saturated carbocycles. The molecule has 146 valence electrons. The van der Waals surface area contributed by atoms with Gasteiger partial charge in [0.1, 0.15) is 5.75 Å². The lowest BCUT2D eigenvalue weighted by atomic mass is 10.1. The molecular weight excluding hydrogens is 342 g/mol. The van der Waals surface area contributed by atoms with Gasteiger partial charge >= 0.3 is 0 Å². The van der Waals surface area contributed by atoms with Gasteiger partial charge in [-0.1, -0.05) is 18.2 Å². The number of nitrogens with one attached hydrogen (secondary N) is 2. The molecule has 0 amide bonds. The average Bonchev–Trinajstić information content (AvgIpc) is 2.72. The largest absolute Gasteiger partial charge is 0.497 e. The zero-order valence-electron chi connectivity index (χ0n) is 16.5. The van der Waals surface area contributed by atoms with E-state index in [4.69, 9.17) is 14.2 Å². The van der Waals surface area contributed by atoms with Crippen LogP contribution in [-0.4, -0.2) is 40.4 Å². The molecule has 0 aromatic heterocycles. The Morgan fingerprint density at radius 2 is 1.67 bits per heavy atom. The SMILES string of the molecule is CCOc1ccc(CNC(=NC)NCCc2ccc(OC)cc2)cc1OC. The van der Waals surface area contributed by atoms with Crippen molar-refractivity contribution in [3.63, 3.8) is 0 Å². The summed E-state index contributed by atoms with van der Waals surface area (Å²) in [5.74, 6) is 3.12. The van der Waals surface area contributed by atoms with Crippen LogP contribution in [0.1, 0.15) is 18.1 Å². The third-order valence-electron chi connectivity index (χ3n) is 4.08. The third-order valence-corrected chi connectivity index (χ3v) is 4.08. The molecule has 0 bridgehead atoms. The molecule has 0 radical (unpaired) electrons. The summed E-state index contributed by atoms with van der Waals surface area (Å²) < 4.78 is 16.1. The van der Waals surface area contributed by atoms with Crippen LogP contribution in [0, 0.1) is 0 Å². The van der Waals surface area contributed by atoms with Gasteiger partial charge in [-0.15, -0.1) is 0 Å². The molecule has 6 nitrogen and oxygen atoms in total. The van der Waals surface area contributed by atoms with E-state index in [1.54, 1.807) is 21.3 Å². The maximum atomic E-state index is 5.55. The highest BCUT2D eigenvalue weighted by atomic mass is 16.5. The van der Waals surface area contributed by atoms with E-state index in [-0.39, 0.29) is 0 Å². The molecule has 0 aliphatic rings. The number of rotatable bonds is 9. The van der Waals surface area contributed by atoms with Crippen molar-refractivity contribution in [1.82, 2.24) is 10.6 Å². The molecule has 0 aliphatic heterocycles. The van der Waals surface area contributed by atoms with Gasteiger partial charge in [-0.3, -0.25) is 4.99 Å². The van der Waals surface area contributed by atoms with Gasteiger partial charge in [-0.25, -0.2) is 0 Å². The number of hydrogen-bond acceptors (Lipinski definition) is 4. The van der Waals surface area contributed by atoms with Gasteiger partial charge in [-0.2, -0.15) is 0 Å². The summed E-state index contributed by atoms with van der Waals surface area (Å²) >= 11 is 0. The van der Waals surface area contributed by atoms with Crippen LogP contribution in [0.5, 0.6) is 17.2 Å². The fourth-order valence-electron chi connectivity index (χ4n) is 2.62. The summed E-state index contributed by atoms with van der Waals surface area (Å²) in [5, 5.41) is 6.64. The molecule has 0 unspecified atom stereocenters. The summed E-state index contributed by atoms with van der Waals surface area (Å²) in [4.78, 5) is 4.27. The van der Waals surface area contributed by atoms with Crippen LogP contribution in [0.4, 0.5) is 0 Å². The lowest BCUT2D eigenvalue weighted by Crippen LogP contribution is -2.37. The highest BCUT2D eigenvalue weighted by Crippen LogP contribution is 2.27. The fraction of sp³-hybridized carbons (Fsp3) is 0.381. The first-order valence-corrected chi connectivity index (χ1v) is 9.07. The lowest BCUT2D eigenvalue weighted by molar-refractivity contribution is 0.310. The number of aliphatic imine (C=N–C) groups is 1. The van der Waals surface area contributed by atoms with E-state index in [9.17, 15) is 0 Å². The number of ether oxygens (including phenoxy) is 3. The summed E-state index contributed by atoms with van der Waals surface area (Å²) in [6.07, 6.45) is 0.904. The summed E-state index contributed by atoms with van der Waals surface area (Å²) in [5.41, 5.74) is 2.34.